The molecule has 2 aromatic rings. The molecule has 0 radical (unpaired) electrons. The summed E-state index contributed by atoms with van der Waals surface area (Å²) in [5.74, 6) is -1.78. The van der Waals surface area contributed by atoms with Crippen molar-refractivity contribution in [1.82, 2.24) is 0 Å². The molecule has 0 spiro atoms. The summed E-state index contributed by atoms with van der Waals surface area (Å²) in [6, 6.07) is 11.5. The van der Waals surface area contributed by atoms with Gasteiger partial charge in [0.1, 0.15) is 0 Å². The molecule has 0 amide bonds. The molecule has 2 aromatic carbocycles. The minimum absolute atomic E-state index is 0.149. The fourth-order valence-electron chi connectivity index (χ4n) is 1.97. The van der Waals surface area contributed by atoms with Crippen LogP contribution in [0.25, 0.3) is 0 Å². The second-order valence-electron chi connectivity index (χ2n) is 4.49. The van der Waals surface area contributed by atoms with E-state index < -0.39 is 17.0 Å². The molecular weight excluding hydrogens is 282 g/mol. The van der Waals surface area contributed by atoms with Crippen LogP contribution >= 0.6 is 11.6 Å². The lowest BCUT2D eigenvalue weighted by molar-refractivity contribution is 0.202. The van der Waals surface area contributed by atoms with Crippen molar-refractivity contribution in [2.45, 2.75) is 11.8 Å². The number of benzene rings is 2. The van der Waals surface area contributed by atoms with Crippen molar-refractivity contribution in [2.75, 3.05) is 13.7 Å². The molecule has 0 fully saturated rings. The summed E-state index contributed by atoms with van der Waals surface area (Å²) >= 11 is 6.23. The highest BCUT2D eigenvalue weighted by molar-refractivity contribution is 6.22. The lowest BCUT2D eigenvalue weighted by Crippen LogP contribution is -2.00. The number of hydrogen-bond donors (Lipinski definition) is 0. The standard InChI is InChI=1S/C16H15ClF2O/c1-20-10-9-11-5-7-12(8-6-11)15(17)13-3-2-4-14(18)16(13)19/h2-8,15H,9-10H2,1H3. The Kier molecular flexibility index (Phi) is 5.10. The van der Waals surface area contributed by atoms with E-state index in [0.29, 0.717) is 6.61 Å². The van der Waals surface area contributed by atoms with E-state index in [4.69, 9.17) is 16.3 Å². The van der Waals surface area contributed by atoms with Gasteiger partial charge in [-0.05, 0) is 23.6 Å². The summed E-state index contributed by atoms with van der Waals surface area (Å²) in [7, 11) is 1.65. The number of ether oxygens (including phenoxy) is 1. The van der Waals surface area contributed by atoms with E-state index in [9.17, 15) is 8.78 Å². The molecule has 0 bridgehead atoms. The zero-order valence-corrected chi connectivity index (χ0v) is 11.8. The van der Waals surface area contributed by atoms with Crippen LogP contribution in [0.3, 0.4) is 0 Å². The van der Waals surface area contributed by atoms with Crippen LogP contribution in [0.5, 0.6) is 0 Å². The Labute approximate surface area is 122 Å². The zero-order chi connectivity index (χ0) is 14.5. The molecule has 4 heteroatoms. The fraction of sp³-hybridized carbons (Fsp3) is 0.250. The topological polar surface area (TPSA) is 9.23 Å². The van der Waals surface area contributed by atoms with Crippen molar-refractivity contribution in [3.8, 4) is 0 Å². The van der Waals surface area contributed by atoms with E-state index in [1.807, 2.05) is 24.3 Å². The van der Waals surface area contributed by atoms with Crippen molar-refractivity contribution in [2.24, 2.45) is 0 Å². The minimum atomic E-state index is -0.893. The predicted molar refractivity (Wildman–Crippen MR) is 76.1 cm³/mol. The van der Waals surface area contributed by atoms with E-state index in [2.05, 4.69) is 0 Å². The van der Waals surface area contributed by atoms with Crippen LogP contribution in [0, 0.1) is 11.6 Å². The Morgan fingerprint density at radius 2 is 1.80 bits per heavy atom. The lowest BCUT2D eigenvalue weighted by atomic mass is 10.0. The quantitative estimate of drug-likeness (QED) is 0.739. The maximum atomic E-state index is 13.7. The zero-order valence-electron chi connectivity index (χ0n) is 11.1. The first-order chi connectivity index (χ1) is 9.63. The van der Waals surface area contributed by atoms with Gasteiger partial charge in [0.2, 0.25) is 0 Å². The number of halogens is 3. The molecule has 1 unspecified atom stereocenters. The maximum Gasteiger partial charge on any atom is 0.163 e. The van der Waals surface area contributed by atoms with Crippen LogP contribution in [0.4, 0.5) is 8.78 Å². The first-order valence-corrected chi connectivity index (χ1v) is 6.73. The molecule has 1 atom stereocenters. The number of rotatable bonds is 5. The van der Waals surface area contributed by atoms with Crippen molar-refractivity contribution in [3.05, 3.63) is 70.8 Å². The molecule has 0 aromatic heterocycles. The minimum Gasteiger partial charge on any atom is -0.384 e. The molecule has 0 N–H and O–H groups in total. The highest BCUT2D eigenvalue weighted by atomic mass is 35.5. The van der Waals surface area contributed by atoms with Crippen molar-refractivity contribution >= 4 is 11.6 Å². The Morgan fingerprint density at radius 1 is 1.10 bits per heavy atom. The second kappa shape index (κ2) is 6.82. The Hall–Kier alpha value is -1.45. The van der Waals surface area contributed by atoms with Gasteiger partial charge in [-0.3, -0.25) is 0 Å². The predicted octanol–water partition coefficient (Wildman–Crippen LogP) is 4.48. The summed E-state index contributed by atoms with van der Waals surface area (Å²) in [6.07, 6.45) is 0.804. The molecule has 20 heavy (non-hydrogen) atoms. The second-order valence-corrected chi connectivity index (χ2v) is 4.93. The molecule has 0 heterocycles. The van der Waals surface area contributed by atoms with E-state index in [1.165, 1.54) is 12.1 Å². The van der Waals surface area contributed by atoms with Gasteiger partial charge in [0.25, 0.3) is 0 Å². The third kappa shape index (κ3) is 3.35. The van der Waals surface area contributed by atoms with Gasteiger partial charge >= 0.3 is 0 Å². The van der Waals surface area contributed by atoms with Gasteiger partial charge in [-0.25, -0.2) is 8.78 Å². The van der Waals surface area contributed by atoms with Crippen LogP contribution in [0.1, 0.15) is 22.1 Å². The van der Waals surface area contributed by atoms with Gasteiger partial charge in [0, 0.05) is 12.7 Å². The smallest absolute Gasteiger partial charge is 0.163 e. The SMILES string of the molecule is COCCc1ccc(C(Cl)c2cccc(F)c2F)cc1. The third-order valence-corrected chi connectivity index (χ3v) is 3.61. The Bertz CT molecular complexity index is 569. The summed E-state index contributed by atoms with van der Waals surface area (Å²) < 4.78 is 31.9. The Morgan fingerprint density at radius 3 is 2.45 bits per heavy atom. The number of hydrogen-bond acceptors (Lipinski definition) is 1. The largest absolute Gasteiger partial charge is 0.384 e. The lowest BCUT2D eigenvalue weighted by Gasteiger charge is -2.12. The van der Waals surface area contributed by atoms with Crippen LogP contribution in [-0.2, 0) is 11.2 Å². The van der Waals surface area contributed by atoms with Gasteiger partial charge in [-0.15, -0.1) is 11.6 Å². The third-order valence-electron chi connectivity index (χ3n) is 3.12. The monoisotopic (exact) mass is 296 g/mol. The average Bonchev–Trinajstić information content (AvgIpc) is 2.48. The first-order valence-electron chi connectivity index (χ1n) is 6.29. The van der Waals surface area contributed by atoms with E-state index in [0.717, 1.165) is 23.6 Å². The van der Waals surface area contributed by atoms with E-state index >= 15 is 0 Å². The molecule has 1 nitrogen and oxygen atoms in total. The normalized spacial score (nSPS) is 12.4. The molecule has 0 aliphatic heterocycles. The fourth-order valence-corrected chi connectivity index (χ4v) is 2.28. The van der Waals surface area contributed by atoms with E-state index in [-0.39, 0.29) is 5.56 Å². The molecule has 106 valence electrons. The van der Waals surface area contributed by atoms with Crippen molar-refractivity contribution < 1.29 is 13.5 Å². The summed E-state index contributed by atoms with van der Waals surface area (Å²) in [5, 5.41) is -0.706. The van der Waals surface area contributed by atoms with Crippen LogP contribution in [-0.4, -0.2) is 13.7 Å². The average molecular weight is 297 g/mol. The molecule has 2 rings (SSSR count). The first kappa shape index (κ1) is 14.9. The summed E-state index contributed by atoms with van der Waals surface area (Å²) in [5.41, 5.74) is 1.99. The Balaban J connectivity index is 2.20. The molecule has 0 saturated heterocycles. The van der Waals surface area contributed by atoms with Gasteiger partial charge in [-0.2, -0.15) is 0 Å². The molecule has 0 saturated carbocycles. The van der Waals surface area contributed by atoms with Crippen LogP contribution < -0.4 is 0 Å². The van der Waals surface area contributed by atoms with Crippen molar-refractivity contribution in [1.29, 1.82) is 0 Å². The van der Waals surface area contributed by atoms with Gasteiger partial charge < -0.3 is 4.74 Å². The van der Waals surface area contributed by atoms with Crippen molar-refractivity contribution in [3.63, 3.8) is 0 Å². The van der Waals surface area contributed by atoms with Crippen LogP contribution in [0.15, 0.2) is 42.5 Å². The van der Waals surface area contributed by atoms with Gasteiger partial charge in [-0.1, -0.05) is 36.4 Å². The molecule has 0 aliphatic rings. The summed E-state index contributed by atoms with van der Waals surface area (Å²) in [6.45, 7) is 0.641. The highest BCUT2D eigenvalue weighted by Crippen LogP contribution is 2.31. The van der Waals surface area contributed by atoms with Crippen LogP contribution in [0.2, 0.25) is 0 Å². The molecule has 0 aliphatic carbocycles. The maximum absolute atomic E-state index is 13.7. The van der Waals surface area contributed by atoms with Gasteiger partial charge in [0.05, 0.1) is 12.0 Å². The van der Waals surface area contributed by atoms with Gasteiger partial charge in [0.15, 0.2) is 11.6 Å². The molecular formula is C16H15ClF2O. The van der Waals surface area contributed by atoms with E-state index in [1.54, 1.807) is 7.11 Å². The summed E-state index contributed by atoms with van der Waals surface area (Å²) in [4.78, 5) is 0. The number of methoxy groups -OCH3 is 1. The number of alkyl halides is 1. The highest BCUT2D eigenvalue weighted by Gasteiger charge is 2.17.